The molecule has 0 aliphatic carbocycles. The van der Waals surface area contributed by atoms with Gasteiger partial charge in [0, 0.05) is 0 Å². The van der Waals surface area contributed by atoms with Crippen molar-refractivity contribution >= 4 is 11.7 Å². The normalized spacial score (nSPS) is 10.8. The van der Waals surface area contributed by atoms with Gasteiger partial charge in [-0.2, -0.15) is 5.10 Å². The number of aromatic carboxylic acids is 1. The van der Waals surface area contributed by atoms with Gasteiger partial charge in [0.2, 0.25) is 5.69 Å². The third-order valence-corrected chi connectivity index (χ3v) is 3.37. The Morgan fingerprint density at radius 2 is 2.17 bits per heavy atom. The van der Waals surface area contributed by atoms with Gasteiger partial charge in [0.1, 0.15) is 11.9 Å². The predicted octanol–water partition coefficient (Wildman–Crippen LogP) is 2.96. The van der Waals surface area contributed by atoms with Crippen LogP contribution in [-0.4, -0.2) is 25.8 Å². The average molecular weight is 319 g/mol. The fourth-order valence-electron chi connectivity index (χ4n) is 2.03. The third kappa shape index (κ3) is 3.65. The van der Waals surface area contributed by atoms with E-state index in [1.807, 2.05) is 25.1 Å². The van der Waals surface area contributed by atoms with Crippen molar-refractivity contribution in [2.75, 3.05) is 0 Å². The highest BCUT2D eigenvalue weighted by Crippen LogP contribution is 2.25. The van der Waals surface area contributed by atoms with Crippen molar-refractivity contribution in [1.29, 1.82) is 0 Å². The second kappa shape index (κ2) is 6.47. The molecule has 1 aromatic heterocycles. The van der Waals surface area contributed by atoms with E-state index in [0.29, 0.717) is 11.7 Å². The summed E-state index contributed by atoms with van der Waals surface area (Å²) in [7, 11) is 0. The Labute approximate surface area is 132 Å². The van der Waals surface area contributed by atoms with Crippen LogP contribution in [0.25, 0.3) is 0 Å². The van der Waals surface area contributed by atoms with Crippen molar-refractivity contribution in [3.8, 4) is 5.75 Å². The summed E-state index contributed by atoms with van der Waals surface area (Å²) in [5, 5.41) is 23.5. The van der Waals surface area contributed by atoms with Gasteiger partial charge in [0.25, 0.3) is 0 Å². The number of nitrogens with zero attached hydrogens (tertiary/aromatic N) is 3. The van der Waals surface area contributed by atoms with Crippen LogP contribution in [0.2, 0.25) is 0 Å². The van der Waals surface area contributed by atoms with E-state index in [1.165, 1.54) is 0 Å². The molecule has 8 nitrogen and oxygen atoms in total. The third-order valence-electron chi connectivity index (χ3n) is 3.37. The van der Waals surface area contributed by atoms with Crippen LogP contribution in [0.15, 0.2) is 24.4 Å². The smallest absolute Gasteiger partial charge is 0.363 e. The highest BCUT2D eigenvalue weighted by Gasteiger charge is 2.25. The second-order valence-corrected chi connectivity index (χ2v) is 5.42. The van der Waals surface area contributed by atoms with E-state index < -0.39 is 22.3 Å². The number of benzene rings is 1. The minimum atomic E-state index is -1.45. The Balaban J connectivity index is 2.21. The highest BCUT2D eigenvalue weighted by molar-refractivity contribution is 5.89. The molecule has 0 aliphatic rings. The van der Waals surface area contributed by atoms with Gasteiger partial charge in [-0.15, -0.1) is 0 Å². The molecular weight excluding hydrogens is 302 g/mol. The van der Waals surface area contributed by atoms with Crippen LogP contribution in [0.1, 0.15) is 41.4 Å². The van der Waals surface area contributed by atoms with E-state index in [0.717, 1.165) is 22.0 Å². The first kappa shape index (κ1) is 16.5. The molecule has 0 unspecified atom stereocenters. The fraction of sp³-hybridized carbons (Fsp3) is 0.333. The summed E-state index contributed by atoms with van der Waals surface area (Å²) in [5.41, 5.74) is 0.845. The summed E-state index contributed by atoms with van der Waals surface area (Å²) in [6, 6.07) is 5.84. The van der Waals surface area contributed by atoms with Crippen LogP contribution in [0.3, 0.4) is 0 Å². The molecule has 0 spiro atoms. The van der Waals surface area contributed by atoms with E-state index in [-0.39, 0.29) is 6.73 Å². The molecule has 8 heteroatoms. The molecular formula is C15H17N3O5. The number of rotatable bonds is 6. The summed E-state index contributed by atoms with van der Waals surface area (Å²) in [6.07, 6.45) is 1.05. The Morgan fingerprint density at radius 1 is 1.48 bits per heavy atom. The molecule has 2 aromatic rings. The largest absolute Gasteiger partial charge is 0.476 e. The Bertz CT molecular complexity index is 720. The standard InChI is InChI=1S/C15H17N3O5/c1-9(2)11-5-4-10(3)13(6-11)23-8-17-7-12(18(21)22)14(16-17)15(19)20/h4-7,9H,8H2,1-3H3,(H,19,20). The van der Waals surface area contributed by atoms with Crippen molar-refractivity contribution in [1.82, 2.24) is 9.78 Å². The Hall–Kier alpha value is -2.90. The van der Waals surface area contributed by atoms with Crippen LogP contribution in [0.5, 0.6) is 5.75 Å². The van der Waals surface area contributed by atoms with Crippen molar-refractivity contribution in [3.05, 3.63) is 51.3 Å². The molecule has 0 bridgehead atoms. The maximum Gasteiger partial charge on any atom is 0.363 e. The zero-order valence-electron chi connectivity index (χ0n) is 13.0. The molecule has 0 saturated heterocycles. The molecule has 1 heterocycles. The number of nitro groups is 1. The van der Waals surface area contributed by atoms with Crippen molar-refractivity contribution in [3.63, 3.8) is 0 Å². The number of aromatic nitrogens is 2. The molecule has 0 radical (unpaired) electrons. The molecule has 23 heavy (non-hydrogen) atoms. The zero-order valence-corrected chi connectivity index (χ0v) is 13.0. The van der Waals surface area contributed by atoms with Gasteiger partial charge in [-0.1, -0.05) is 26.0 Å². The SMILES string of the molecule is Cc1ccc(C(C)C)cc1OCn1cc([N+](=O)[O-])c(C(=O)O)n1. The first-order chi connectivity index (χ1) is 10.8. The minimum absolute atomic E-state index is 0.115. The van der Waals surface area contributed by atoms with E-state index in [1.54, 1.807) is 0 Å². The number of aryl methyl sites for hydroxylation is 1. The first-order valence-electron chi connectivity index (χ1n) is 6.98. The number of carboxylic acid groups (broad SMARTS) is 1. The lowest BCUT2D eigenvalue weighted by Gasteiger charge is -2.12. The number of carboxylic acids is 1. The van der Waals surface area contributed by atoms with Crippen LogP contribution < -0.4 is 4.74 Å². The van der Waals surface area contributed by atoms with Crippen molar-refractivity contribution in [2.24, 2.45) is 0 Å². The van der Waals surface area contributed by atoms with Gasteiger partial charge in [-0.05, 0) is 30.0 Å². The lowest BCUT2D eigenvalue weighted by atomic mass is 10.0. The quantitative estimate of drug-likeness (QED) is 0.648. The van der Waals surface area contributed by atoms with Gasteiger partial charge < -0.3 is 9.84 Å². The summed E-state index contributed by atoms with van der Waals surface area (Å²) < 4.78 is 6.73. The number of ether oxygens (including phenoxy) is 1. The van der Waals surface area contributed by atoms with Gasteiger partial charge >= 0.3 is 11.7 Å². The van der Waals surface area contributed by atoms with Crippen LogP contribution in [0, 0.1) is 17.0 Å². The molecule has 0 saturated carbocycles. The summed E-state index contributed by atoms with van der Waals surface area (Å²) in [5.74, 6) is -0.484. The lowest BCUT2D eigenvalue weighted by Crippen LogP contribution is -2.08. The van der Waals surface area contributed by atoms with Gasteiger partial charge in [0.05, 0.1) is 4.92 Å². The fourth-order valence-corrected chi connectivity index (χ4v) is 2.03. The molecule has 0 atom stereocenters. The monoisotopic (exact) mass is 319 g/mol. The average Bonchev–Trinajstić information content (AvgIpc) is 2.91. The van der Waals surface area contributed by atoms with E-state index in [4.69, 9.17) is 9.84 Å². The van der Waals surface area contributed by atoms with Crippen molar-refractivity contribution in [2.45, 2.75) is 33.4 Å². The Morgan fingerprint density at radius 3 is 2.70 bits per heavy atom. The maximum atomic E-state index is 11.0. The zero-order chi connectivity index (χ0) is 17.1. The molecule has 0 aliphatic heterocycles. The molecule has 122 valence electrons. The van der Waals surface area contributed by atoms with Crippen LogP contribution >= 0.6 is 0 Å². The van der Waals surface area contributed by atoms with Gasteiger partial charge in [-0.25, -0.2) is 9.48 Å². The van der Waals surface area contributed by atoms with Gasteiger partial charge in [0.15, 0.2) is 6.73 Å². The number of carbonyl (C=O) groups is 1. The number of hydrogen-bond acceptors (Lipinski definition) is 5. The minimum Gasteiger partial charge on any atom is -0.476 e. The summed E-state index contributed by atoms with van der Waals surface area (Å²) >= 11 is 0. The predicted molar refractivity (Wildman–Crippen MR) is 81.7 cm³/mol. The maximum absolute atomic E-state index is 11.0. The van der Waals surface area contributed by atoms with E-state index in [9.17, 15) is 14.9 Å². The molecule has 2 rings (SSSR count). The Kier molecular flexibility index (Phi) is 4.63. The van der Waals surface area contributed by atoms with Crippen LogP contribution in [0.4, 0.5) is 5.69 Å². The lowest BCUT2D eigenvalue weighted by molar-refractivity contribution is -0.385. The van der Waals surface area contributed by atoms with Crippen LogP contribution in [-0.2, 0) is 6.73 Å². The second-order valence-electron chi connectivity index (χ2n) is 5.42. The number of hydrogen-bond donors (Lipinski definition) is 1. The molecule has 1 N–H and O–H groups in total. The first-order valence-corrected chi connectivity index (χ1v) is 6.98. The summed E-state index contributed by atoms with van der Waals surface area (Å²) in [4.78, 5) is 21.0. The van der Waals surface area contributed by atoms with Crippen molar-refractivity contribution < 1.29 is 19.6 Å². The molecule has 0 fully saturated rings. The van der Waals surface area contributed by atoms with E-state index >= 15 is 0 Å². The molecule has 1 aromatic carbocycles. The topological polar surface area (TPSA) is 107 Å². The highest BCUT2D eigenvalue weighted by atomic mass is 16.6. The van der Waals surface area contributed by atoms with Gasteiger partial charge in [-0.3, -0.25) is 10.1 Å². The van der Waals surface area contributed by atoms with E-state index in [2.05, 4.69) is 18.9 Å². The molecule has 0 amide bonds. The summed E-state index contributed by atoms with van der Waals surface area (Å²) in [6.45, 7) is 5.89.